The van der Waals surface area contributed by atoms with Gasteiger partial charge in [-0.15, -0.1) is 0 Å². The lowest BCUT2D eigenvalue weighted by Gasteiger charge is -2.24. The number of rotatable bonds is 9. The number of carbonyl (C=O) groups excluding carboxylic acids is 3. The highest BCUT2D eigenvalue weighted by Crippen LogP contribution is 2.34. The Kier molecular flexibility index (Phi) is 8.06. The van der Waals surface area contributed by atoms with Gasteiger partial charge in [-0.25, -0.2) is 4.79 Å². The van der Waals surface area contributed by atoms with Crippen molar-refractivity contribution in [1.82, 2.24) is 10.2 Å². The zero-order valence-electron chi connectivity index (χ0n) is 19.5. The van der Waals surface area contributed by atoms with Crippen LogP contribution in [-0.2, 0) is 25.6 Å². The Hall–Kier alpha value is -3.39. The van der Waals surface area contributed by atoms with E-state index < -0.39 is 18.2 Å². The number of benzene rings is 2. The summed E-state index contributed by atoms with van der Waals surface area (Å²) in [4.78, 5) is 39.3. The lowest BCUT2D eigenvalue weighted by Crippen LogP contribution is -2.47. The zero-order chi connectivity index (χ0) is 24.0. The Morgan fingerprint density at radius 2 is 1.88 bits per heavy atom. The summed E-state index contributed by atoms with van der Waals surface area (Å²) < 4.78 is 10.7. The number of nitrogens with one attached hydrogen (secondary N) is 2. The molecule has 1 heterocycles. The molecule has 1 aliphatic rings. The van der Waals surface area contributed by atoms with E-state index in [-0.39, 0.29) is 24.3 Å². The van der Waals surface area contributed by atoms with Crippen molar-refractivity contribution in [2.75, 3.05) is 25.6 Å². The number of hydrogen-bond acceptors (Lipinski definition) is 5. The Balaban J connectivity index is 1.84. The zero-order valence-corrected chi connectivity index (χ0v) is 19.5. The van der Waals surface area contributed by atoms with E-state index in [2.05, 4.69) is 10.6 Å². The smallest absolute Gasteiger partial charge is 0.411 e. The molecule has 33 heavy (non-hydrogen) atoms. The summed E-state index contributed by atoms with van der Waals surface area (Å²) in [6.07, 6.45) is -1.33. The monoisotopic (exact) mass is 453 g/mol. The second-order valence-electron chi connectivity index (χ2n) is 8.42. The number of hydrogen-bond donors (Lipinski definition) is 2. The van der Waals surface area contributed by atoms with E-state index in [1.165, 1.54) is 4.90 Å². The molecular weight excluding hydrogens is 422 g/mol. The van der Waals surface area contributed by atoms with Gasteiger partial charge in [-0.1, -0.05) is 55.8 Å². The number of methoxy groups -OCH3 is 1. The maximum absolute atomic E-state index is 13.1. The fourth-order valence-corrected chi connectivity index (χ4v) is 3.64. The first-order valence-corrected chi connectivity index (χ1v) is 11.0. The summed E-state index contributed by atoms with van der Waals surface area (Å²) in [6.45, 7) is 6.55. The highest BCUT2D eigenvalue weighted by Gasteiger charge is 2.46. The average Bonchev–Trinajstić information content (AvgIpc) is 3.10. The third kappa shape index (κ3) is 6.10. The van der Waals surface area contributed by atoms with Crippen LogP contribution in [0.5, 0.6) is 0 Å². The van der Waals surface area contributed by atoms with Gasteiger partial charge in [0.05, 0.1) is 13.2 Å². The van der Waals surface area contributed by atoms with Crippen molar-refractivity contribution in [2.24, 2.45) is 5.92 Å². The van der Waals surface area contributed by atoms with Crippen LogP contribution in [0.3, 0.4) is 0 Å². The molecule has 0 aromatic heterocycles. The van der Waals surface area contributed by atoms with Crippen molar-refractivity contribution >= 4 is 23.6 Å². The van der Waals surface area contributed by atoms with Gasteiger partial charge in [-0.2, -0.15) is 0 Å². The third-order valence-corrected chi connectivity index (χ3v) is 5.43. The molecule has 2 unspecified atom stereocenters. The molecule has 3 rings (SSSR count). The van der Waals surface area contributed by atoms with Gasteiger partial charge in [0.1, 0.15) is 0 Å². The number of anilines is 1. The minimum atomic E-state index is -0.842. The molecule has 0 bridgehead atoms. The number of amides is 3. The average molecular weight is 454 g/mol. The Bertz CT molecular complexity index is 990. The van der Waals surface area contributed by atoms with Crippen molar-refractivity contribution < 1.29 is 23.9 Å². The van der Waals surface area contributed by atoms with Gasteiger partial charge < -0.3 is 20.1 Å². The van der Waals surface area contributed by atoms with Crippen LogP contribution in [0.25, 0.3) is 0 Å². The molecule has 0 aliphatic carbocycles. The topological polar surface area (TPSA) is 97.0 Å². The molecule has 1 saturated heterocycles. The van der Waals surface area contributed by atoms with Crippen LogP contribution >= 0.6 is 0 Å². The van der Waals surface area contributed by atoms with Gasteiger partial charge in [0.15, 0.2) is 12.1 Å². The van der Waals surface area contributed by atoms with E-state index in [9.17, 15) is 14.4 Å². The lowest BCUT2D eigenvalue weighted by atomic mass is 10.00. The third-order valence-electron chi connectivity index (χ3n) is 5.43. The van der Waals surface area contributed by atoms with E-state index in [0.29, 0.717) is 24.4 Å². The molecule has 2 aromatic carbocycles. The van der Waals surface area contributed by atoms with Crippen LogP contribution in [0, 0.1) is 12.8 Å². The van der Waals surface area contributed by atoms with Gasteiger partial charge in [-0.3, -0.25) is 14.5 Å². The van der Waals surface area contributed by atoms with Gasteiger partial charge in [0.25, 0.3) is 0 Å². The van der Waals surface area contributed by atoms with Crippen molar-refractivity contribution in [1.29, 1.82) is 0 Å². The second kappa shape index (κ2) is 11.0. The van der Waals surface area contributed by atoms with E-state index in [0.717, 1.165) is 11.1 Å². The molecular formula is C25H31N3O5. The summed E-state index contributed by atoms with van der Waals surface area (Å²) >= 11 is 0. The molecule has 2 aromatic rings. The molecule has 176 valence electrons. The standard InChI is InChI=1S/C25H31N3O5/c1-16(2)23(29)27-20-10-8-19(9-11-20)22-21(24(30)26-12-13-32-4)28(25(31)33-22)15-18-7-5-6-17(3)14-18/h5-11,14,16,21-22H,12-13,15H2,1-4H3,(H,26,30)(H,27,29). The summed E-state index contributed by atoms with van der Waals surface area (Å²) in [5.41, 5.74) is 3.29. The van der Waals surface area contributed by atoms with Gasteiger partial charge >= 0.3 is 6.09 Å². The summed E-state index contributed by atoms with van der Waals surface area (Å²) in [5.74, 6) is -0.543. The van der Waals surface area contributed by atoms with Gasteiger partial charge in [0, 0.05) is 25.3 Å². The minimum absolute atomic E-state index is 0.0882. The lowest BCUT2D eigenvalue weighted by molar-refractivity contribution is -0.126. The van der Waals surface area contributed by atoms with Crippen LogP contribution < -0.4 is 10.6 Å². The highest BCUT2D eigenvalue weighted by atomic mass is 16.6. The highest BCUT2D eigenvalue weighted by molar-refractivity contribution is 5.92. The van der Waals surface area contributed by atoms with Crippen molar-refractivity contribution in [2.45, 2.75) is 39.5 Å². The molecule has 2 atom stereocenters. The fourth-order valence-electron chi connectivity index (χ4n) is 3.64. The van der Waals surface area contributed by atoms with Gasteiger partial charge in [-0.05, 0) is 30.2 Å². The number of nitrogens with zero attached hydrogens (tertiary/aromatic N) is 1. The van der Waals surface area contributed by atoms with E-state index >= 15 is 0 Å². The molecule has 2 N–H and O–H groups in total. The van der Waals surface area contributed by atoms with E-state index in [1.54, 1.807) is 31.4 Å². The quantitative estimate of drug-likeness (QED) is 0.567. The first-order chi connectivity index (χ1) is 15.8. The molecule has 0 saturated carbocycles. The molecule has 8 heteroatoms. The Morgan fingerprint density at radius 3 is 2.52 bits per heavy atom. The summed E-state index contributed by atoms with van der Waals surface area (Å²) in [7, 11) is 1.56. The number of ether oxygens (including phenoxy) is 2. The van der Waals surface area contributed by atoms with Crippen LogP contribution in [0.4, 0.5) is 10.5 Å². The maximum Gasteiger partial charge on any atom is 0.411 e. The fraction of sp³-hybridized carbons (Fsp3) is 0.400. The molecule has 0 radical (unpaired) electrons. The molecule has 1 aliphatic heterocycles. The van der Waals surface area contributed by atoms with Crippen molar-refractivity contribution in [3.8, 4) is 0 Å². The van der Waals surface area contributed by atoms with Crippen LogP contribution in [0.2, 0.25) is 0 Å². The van der Waals surface area contributed by atoms with Crippen molar-refractivity contribution in [3.63, 3.8) is 0 Å². The predicted octanol–water partition coefficient (Wildman–Crippen LogP) is 3.41. The van der Waals surface area contributed by atoms with E-state index in [1.807, 2.05) is 45.0 Å². The van der Waals surface area contributed by atoms with Crippen LogP contribution in [-0.4, -0.2) is 49.1 Å². The molecule has 8 nitrogen and oxygen atoms in total. The Labute approximate surface area is 194 Å². The summed E-state index contributed by atoms with van der Waals surface area (Å²) in [6, 6.07) is 14.0. The molecule has 3 amide bonds. The second-order valence-corrected chi connectivity index (χ2v) is 8.42. The minimum Gasteiger partial charge on any atom is -0.438 e. The largest absolute Gasteiger partial charge is 0.438 e. The Morgan fingerprint density at radius 1 is 1.15 bits per heavy atom. The molecule has 0 spiro atoms. The summed E-state index contributed by atoms with van der Waals surface area (Å²) in [5, 5.41) is 5.66. The first-order valence-electron chi connectivity index (χ1n) is 11.0. The van der Waals surface area contributed by atoms with E-state index in [4.69, 9.17) is 9.47 Å². The molecule has 1 fully saturated rings. The number of cyclic esters (lactones) is 1. The van der Waals surface area contributed by atoms with Gasteiger partial charge in [0.2, 0.25) is 11.8 Å². The van der Waals surface area contributed by atoms with Crippen LogP contribution in [0.15, 0.2) is 48.5 Å². The van der Waals surface area contributed by atoms with Crippen molar-refractivity contribution in [3.05, 3.63) is 65.2 Å². The normalized spacial score (nSPS) is 17.7. The maximum atomic E-state index is 13.1. The number of aryl methyl sites for hydroxylation is 1. The SMILES string of the molecule is COCCNC(=O)C1C(c2ccc(NC(=O)C(C)C)cc2)OC(=O)N1Cc1cccc(C)c1. The van der Waals surface area contributed by atoms with Crippen LogP contribution in [0.1, 0.15) is 36.6 Å². The predicted molar refractivity (Wildman–Crippen MR) is 125 cm³/mol. The number of carbonyl (C=O) groups is 3. The first kappa shape index (κ1) is 24.3.